The highest BCUT2D eigenvalue weighted by molar-refractivity contribution is 5.16. The summed E-state index contributed by atoms with van der Waals surface area (Å²) in [6.07, 6.45) is 7.44. The maximum absolute atomic E-state index is 5.72. The normalized spacial score (nSPS) is 23.2. The minimum Gasteiger partial charge on any atom is -0.468 e. The lowest BCUT2D eigenvalue weighted by atomic mass is 10.1. The molecule has 2 aliphatic rings. The van der Waals surface area contributed by atoms with Crippen LogP contribution in [0.1, 0.15) is 37.0 Å². The summed E-state index contributed by atoms with van der Waals surface area (Å²) < 4.78 is 5.55. The quantitative estimate of drug-likeness (QED) is 0.900. The van der Waals surface area contributed by atoms with Crippen LogP contribution in [0.15, 0.2) is 16.7 Å². The zero-order chi connectivity index (χ0) is 13.1. The SMILES string of the molecule is NCc1ccoc1CN1CCN(C2CCCC2)CC1. The maximum atomic E-state index is 5.72. The third kappa shape index (κ3) is 3.02. The first-order valence-electron chi connectivity index (χ1n) is 7.58. The van der Waals surface area contributed by atoms with Crippen molar-refractivity contribution in [3.05, 3.63) is 23.7 Å². The van der Waals surface area contributed by atoms with Gasteiger partial charge in [0.1, 0.15) is 5.76 Å². The third-order valence-electron chi connectivity index (χ3n) is 4.67. The number of furan rings is 1. The molecule has 0 spiro atoms. The Hall–Kier alpha value is -0.840. The van der Waals surface area contributed by atoms with Gasteiger partial charge in [-0.15, -0.1) is 0 Å². The predicted molar refractivity (Wildman–Crippen MR) is 75.7 cm³/mol. The number of nitrogens with two attached hydrogens (primary N) is 1. The van der Waals surface area contributed by atoms with Crippen LogP contribution in [0.25, 0.3) is 0 Å². The molecule has 19 heavy (non-hydrogen) atoms. The monoisotopic (exact) mass is 263 g/mol. The molecule has 4 nitrogen and oxygen atoms in total. The minimum atomic E-state index is 0.577. The molecule has 1 saturated heterocycles. The summed E-state index contributed by atoms with van der Waals surface area (Å²) in [4.78, 5) is 5.18. The van der Waals surface area contributed by atoms with Gasteiger partial charge < -0.3 is 10.2 Å². The minimum absolute atomic E-state index is 0.577. The molecule has 1 aromatic heterocycles. The number of hydrogen-bond donors (Lipinski definition) is 1. The highest BCUT2D eigenvalue weighted by Gasteiger charge is 2.26. The second kappa shape index (κ2) is 6.07. The van der Waals surface area contributed by atoms with Crippen LogP contribution in [0, 0.1) is 0 Å². The average Bonchev–Trinajstić information content (AvgIpc) is 3.10. The number of rotatable bonds is 4. The van der Waals surface area contributed by atoms with E-state index in [0.717, 1.165) is 37.0 Å². The lowest BCUT2D eigenvalue weighted by Crippen LogP contribution is -2.49. The van der Waals surface area contributed by atoms with Crippen molar-refractivity contribution >= 4 is 0 Å². The van der Waals surface area contributed by atoms with Crippen molar-refractivity contribution in [1.82, 2.24) is 9.80 Å². The maximum Gasteiger partial charge on any atom is 0.122 e. The van der Waals surface area contributed by atoms with E-state index in [1.165, 1.54) is 38.8 Å². The third-order valence-corrected chi connectivity index (χ3v) is 4.67. The van der Waals surface area contributed by atoms with E-state index in [1.807, 2.05) is 6.07 Å². The predicted octanol–water partition coefficient (Wildman–Crippen LogP) is 1.80. The van der Waals surface area contributed by atoms with Gasteiger partial charge in [-0.05, 0) is 18.9 Å². The van der Waals surface area contributed by atoms with E-state index in [0.29, 0.717) is 6.54 Å². The number of nitrogens with zero attached hydrogens (tertiary/aromatic N) is 2. The highest BCUT2D eigenvalue weighted by atomic mass is 16.3. The molecule has 3 rings (SSSR count). The topological polar surface area (TPSA) is 45.6 Å². The van der Waals surface area contributed by atoms with E-state index < -0.39 is 0 Å². The smallest absolute Gasteiger partial charge is 0.122 e. The molecule has 2 N–H and O–H groups in total. The summed E-state index contributed by atoms with van der Waals surface area (Å²) in [6, 6.07) is 2.86. The van der Waals surface area contributed by atoms with Gasteiger partial charge in [-0.2, -0.15) is 0 Å². The van der Waals surface area contributed by atoms with Crippen LogP contribution >= 0.6 is 0 Å². The Morgan fingerprint density at radius 3 is 2.58 bits per heavy atom. The highest BCUT2D eigenvalue weighted by Crippen LogP contribution is 2.24. The first-order chi connectivity index (χ1) is 9.36. The molecule has 4 heteroatoms. The molecule has 0 unspecified atom stereocenters. The fraction of sp³-hybridized carbons (Fsp3) is 0.733. The zero-order valence-electron chi connectivity index (χ0n) is 11.7. The molecular weight excluding hydrogens is 238 g/mol. The Bertz CT molecular complexity index is 390. The first kappa shape index (κ1) is 13.2. The fourth-order valence-electron chi connectivity index (χ4n) is 3.45. The largest absolute Gasteiger partial charge is 0.468 e. The van der Waals surface area contributed by atoms with Crippen LogP contribution in [0.3, 0.4) is 0 Å². The summed E-state index contributed by atoms with van der Waals surface area (Å²) in [7, 11) is 0. The molecule has 1 aromatic rings. The Kier molecular flexibility index (Phi) is 4.21. The van der Waals surface area contributed by atoms with Gasteiger partial charge in [0.2, 0.25) is 0 Å². The molecule has 0 bridgehead atoms. The van der Waals surface area contributed by atoms with E-state index in [2.05, 4.69) is 9.80 Å². The summed E-state index contributed by atoms with van der Waals surface area (Å²) in [5, 5.41) is 0. The van der Waals surface area contributed by atoms with Crippen molar-refractivity contribution in [2.75, 3.05) is 26.2 Å². The van der Waals surface area contributed by atoms with Crippen LogP contribution in [0.5, 0.6) is 0 Å². The van der Waals surface area contributed by atoms with Crippen molar-refractivity contribution in [2.45, 2.75) is 44.8 Å². The molecule has 2 heterocycles. The number of hydrogen-bond acceptors (Lipinski definition) is 4. The molecule has 2 fully saturated rings. The van der Waals surface area contributed by atoms with Crippen molar-refractivity contribution in [1.29, 1.82) is 0 Å². The van der Waals surface area contributed by atoms with Crippen LogP contribution in [0.4, 0.5) is 0 Å². The summed E-state index contributed by atoms with van der Waals surface area (Å²) in [5.41, 5.74) is 6.87. The van der Waals surface area contributed by atoms with E-state index in [1.54, 1.807) is 6.26 Å². The van der Waals surface area contributed by atoms with E-state index in [-0.39, 0.29) is 0 Å². The van der Waals surface area contributed by atoms with Crippen molar-refractivity contribution < 1.29 is 4.42 Å². The first-order valence-corrected chi connectivity index (χ1v) is 7.58. The van der Waals surface area contributed by atoms with Crippen LogP contribution in [0.2, 0.25) is 0 Å². The molecule has 1 aliphatic carbocycles. The van der Waals surface area contributed by atoms with Gasteiger partial charge in [-0.25, -0.2) is 0 Å². The Balaban J connectivity index is 1.50. The molecule has 0 aromatic carbocycles. The van der Waals surface area contributed by atoms with E-state index in [4.69, 9.17) is 10.2 Å². The van der Waals surface area contributed by atoms with Gasteiger partial charge in [-0.3, -0.25) is 9.80 Å². The van der Waals surface area contributed by atoms with Crippen molar-refractivity contribution in [3.8, 4) is 0 Å². The number of piperazine rings is 1. The molecular formula is C15H25N3O. The van der Waals surface area contributed by atoms with Crippen LogP contribution in [-0.2, 0) is 13.1 Å². The van der Waals surface area contributed by atoms with Crippen LogP contribution < -0.4 is 5.73 Å². The molecule has 0 radical (unpaired) electrons. The molecule has 0 atom stereocenters. The molecule has 0 amide bonds. The molecule has 106 valence electrons. The lowest BCUT2D eigenvalue weighted by molar-refractivity contribution is 0.0892. The van der Waals surface area contributed by atoms with E-state index in [9.17, 15) is 0 Å². The lowest BCUT2D eigenvalue weighted by Gasteiger charge is -2.37. The van der Waals surface area contributed by atoms with Crippen molar-refractivity contribution in [3.63, 3.8) is 0 Å². The zero-order valence-corrected chi connectivity index (χ0v) is 11.7. The Morgan fingerprint density at radius 1 is 1.16 bits per heavy atom. The average molecular weight is 263 g/mol. The van der Waals surface area contributed by atoms with Gasteiger partial charge >= 0.3 is 0 Å². The Morgan fingerprint density at radius 2 is 1.89 bits per heavy atom. The van der Waals surface area contributed by atoms with Gasteiger partial charge in [0.15, 0.2) is 0 Å². The summed E-state index contributed by atoms with van der Waals surface area (Å²) >= 11 is 0. The molecule has 1 aliphatic heterocycles. The molecule has 1 saturated carbocycles. The van der Waals surface area contributed by atoms with Gasteiger partial charge in [-0.1, -0.05) is 12.8 Å². The van der Waals surface area contributed by atoms with E-state index >= 15 is 0 Å². The fourth-order valence-corrected chi connectivity index (χ4v) is 3.45. The standard InChI is InChI=1S/C15H25N3O/c16-11-13-5-10-19-15(13)12-17-6-8-18(9-7-17)14-3-1-2-4-14/h5,10,14H,1-4,6-9,11-12,16H2. The van der Waals surface area contributed by atoms with Gasteiger partial charge in [0.05, 0.1) is 12.8 Å². The second-order valence-corrected chi connectivity index (χ2v) is 5.82. The second-order valence-electron chi connectivity index (χ2n) is 5.82. The Labute approximate surface area is 115 Å². The summed E-state index contributed by atoms with van der Waals surface area (Å²) in [5.74, 6) is 1.05. The van der Waals surface area contributed by atoms with Gasteiger partial charge in [0.25, 0.3) is 0 Å². The van der Waals surface area contributed by atoms with Crippen LogP contribution in [-0.4, -0.2) is 42.0 Å². The van der Waals surface area contributed by atoms with Crippen molar-refractivity contribution in [2.24, 2.45) is 5.73 Å². The van der Waals surface area contributed by atoms with Gasteiger partial charge in [0, 0.05) is 44.3 Å². The summed E-state index contributed by atoms with van der Waals surface area (Å²) in [6.45, 7) is 6.22.